The average Bonchev–Trinajstić information content (AvgIpc) is 3.13. The number of hydrogen-bond donors (Lipinski definition) is 3. The van der Waals surface area contributed by atoms with Gasteiger partial charge in [-0.05, 0) is 24.3 Å². The summed E-state index contributed by atoms with van der Waals surface area (Å²) in [4.78, 5) is 36.2. The van der Waals surface area contributed by atoms with Crippen LogP contribution in [0, 0.1) is 10.1 Å². The SMILES string of the molecule is O=C(N/N=C\C=C\c1ccc([N+](=O)[O-])o1)c1[nH]c(=O)c2ccccc2c1O. The Morgan fingerprint density at radius 3 is 2.70 bits per heavy atom. The zero-order valence-corrected chi connectivity index (χ0v) is 13.6. The number of fused-ring (bicyclic) bond motifs is 1. The molecule has 3 N–H and O–H groups in total. The largest absolute Gasteiger partial charge is 0.505 e. The Balaban J connectivity index is 1.70. The van der Waals surface area contributed by atoms with Crippen LogP contribution in [0.4, 0.5) is 5.88 Å². The summed E-state index contributed by atoms with van der Waals surface area (Å²) < 4.78 is 4.90. The number of aromatic hydroxyl groups is 1. The summed E-state index contributed by atoms with van der Waals surface area (Å²) in [5, 5.41) is 24.8. The molecule has 0 fully saturated rings. The molecule has 10 heteroatoms. The van der Waals surface area contributed by atoms with Gasteiger partial charge >= 0.3 is 5.88 Å². The van der Waals surface area contributed by atoms with Gasteiger partial charge in [-0.2, -0.15) is 5.10 Å². The van der Waals surface area contributed by atoms with Crippen LogP contribution in [0.3, 0.4) is 0 Å². The van der Waals surface area contributed by atoms with E-state index in [0.717, 1.165) is 0 Å². The number of pyridine rings is 1. The Bertz CT molecular complexity index is 1140. The van der Waals surface area contributed by atoms with Crippen molar-refractivity contribution in [1.29, 1.82) is 0 Å². The first-order chi connectivity index (χ1) is 13.0. The van der Waals surface area contributed by atoms with Crippen LogP contribution in [0.25, 0.3) is 16.8 Å². The zero-order chi connectivity index (χ0) is 19.4. The third-order valence-electron chi connectivity index (χ3n) is 3.51. The molecule has 3 rings (SSSR count). The van der Waals surface area contributed by atoms with E-state index in [0.29, 0.717) is 0 Å². The fourth-order valence-corrected chi connectivity index (χ4v) is 2.29. The lowest BCUT2D eigenvalue weighted by atomic mass is 10.1. The second kappa shape index (κ2) is 7.35. The van der Waals surface area contributed by atoms with E-state index < -0.39 is 22.3 Å². The molecule has 0 saturated carbocycles. The third kappa shape index (κ3) is 3.74. The number of furan rings is 1. The molecule has 2 aromatic heterocycles. The van der Waals surface area contributed by atoms with E-state index in [9.17, 15) is 24.8 Å². The lowest BCUT2D eigenvalue weighted by Gasteiger charge is -2.06. The Morgan fingerprint density at radius 1 is 1.26 bits per heavy atom. The monoisotopic (exact) mass is 368 g/mol. The molecule has 3 aromatic rings. The van der Waals surface area contributed by atoms with Gasteiger partial charge in [0.1, 0.15) is 10.7 Å². The zero-order valence-electron chi connectivity index (χ0n) is 13.6. The molecule has 0 unspecified atom stereocenters. The van der Waals surface area contributed by atoms with Crippen LogP contribution in [-0.2, 0) is 0 Å². The number of rotatable bonds is 5. The van der Waals surface area contributed by atoms with Gasteiger partial charge in [-0.1, -0.05) is 18.2 Å². The summed E-state index contributed by atoms with van der Waals surface area (Å²) >= 11 is 0. The molecule has 2 heterocycles. The summed E-state index contributed by atoms with van der Waals surface area (Å²) in [7, 11) is 0. The van der Waals surface area contributed by atoms with Crippen LogP contribution in [0.5, 0.6) is 5.75 Å². The van der Waals surface area contributed by atoms with Crippen LogP contribution in [0.15, 0.2) is 56.8 Å². The number of nitro groups is 1. The predicted octanol–water partition coefficient (Wildman–Crippen LogP) is 2.16. The van der Waals surface area contributed by atoms with Crippen LogP contribution in [0.1, 0.15) is 16.2 Å². The molecule has 1 amide bonds. The molecule has 136 valence electrons. The summed E-state index contributed by atoms with van der Waals surface area (Å²) in [6.45, 7) is 0. The van der Waals surface area contributed by atoms with Gasteiger partial charge in [-0.25, -0.2) is 5.43 Å². The lowest BCUT2D eigenvalue weighted by Crippen LogP contribution is -2.22. The summed E-state index contributed by atoms with van der Waals surface area (Å²) in [6.07, 6.45) is 3.98. The molecular weight excluding hydrogens is 356 g/mol. The van der Waals surface area contributed by atoms with Crippen LogP contribution < -0.4 is 11.0 Å². The number of hydrazone groups is 1. The van der Waals surface area contributed by atoms with Gasteiger partial charge < -0.3 is 14.5 Å². The number of nitrogens with zero attached hydrogens (tertiary/aromatic N) is 2. The van der Waals surface area contributed by atoms with Crippen LogP contribution in [0.2, 0.25) is 0 Å². The minimum atomic E-state index is -0.811. The predicted molar refractivity (Wildman–Crippen MR) is 96.6 cm³/mol. The number of H-pyrrole nitrogens is 1. The maximum absolute atomic E-state index is 12.1. The number of aromatic nitrogens is 1. The molecule has 0 bridgehead atoms. The summed E-state index contributed by atoms with van der Waals surface area (Å²) in [6, 6.07) is 8.92. The number of amides is 1. The normalized spacial score (nSPS) is 11.4. The van der Waals surface area contributed by atoms with Gasteiger partial charge in [0.2, 0.25) is 0 Å². The summed E-state index contributed by atoms with van der Waals surface area (Å²) in [5.41, 5.74) is 1.32. The maximum Gasteiger partial charge on any atom is 0.433 e. The van der Waals surface area contributed by atoms with Gasteiger partial charge in [0.25, 0.3) is 11.5 Å². The molecule has 0 spiro atoms. The first-order valence-electron chi connectivity index (χ1n) is 7.55. The molecule has 0 aliphatic heterocycles. The fraction of sp³-hybridized carbons (Fsp3) is 0. The Labute approximate surface area is 150 Å². The number of allylic oxidation sites excluding steroid dienone is 1. The maximum atomic E-state index is 12.1. The van der Waals surface area contributed by atoms with Crippen molar-refractivity contribution < 1.29 is 19.2 Å². The number of hydrogen-bond acceptors (Lipinski definition) is 7. The van der Waals surface area contributed by atoms with E-state index in [4.69, 9.17) is 4.42 Å². The standard InChI is InChI=1S/C17H12N4O6/c22-15-11-5-1-2-6-12(11)16(23)19-14(15)17(24)20-18-9-3-4-10-7-8-13(27-10)21(25)26/h1-9,22H,(H,19,23)(H,20,24)/b4-3+,18-9-. The highest BCUT2D eigenvalue weighted by Crippen LogP contribution is 2.24. The molecule has 0 radical (unpaired) electrons. The quantitative estimate of drug-likeness (QED) is 0.357. The Kier molecular flexibility index (Phi) is 4.79. The number of nitrogens with one attached hydrogen (secondary N) is 2. The topological polar surface area (TPSA) is 151 Å². The van der Waals surface area contributed by atoms with Crippen molar-refractivity contribution in [3.63, 3.8) is 0 Å². The highest BCUT2D eigenvalue weighted by Gasteiger charge is 2.16. The summed E-state index contributed by atoms with van der Waals surface area (Å²) in [5.74, 6) is -1.34. The number of carbonyl (C=O) groups is 1. The Morgan fingerprint density at radius 2 is 2.00 bits per heavy atom. The molecule has 0 saturated heterocycles. The lowest BCUT2D eigenvalue weighted by molar-refractivity contribution is -0.402. The van der Waals surface area contributed by atoms with E-state index in [1.54, 1.807) is 12.1 Å². The second-order valence-corrected chi connectivity index (χ2v) is 5.23. The van der Waals surface area contributed by atoms with Crippen molar-refractivity contribution in [2.75, 3.05) is 0 Å². The second-order valence-electron chi connectivity index (χ2n) is 5.23. The van der Waals surface area contributed by atoms with Crippen molar-refractivity contribution in [2.45, 2.75) is 0 Å². The van der Waals surface area contributed by atoms with E-state index in [2.05, 4.69) is 15.5 Å². The number of benzene rings is 1. The first-order valence-corrected chi connectivity index (χ1v) is 7.55. The van der Waals surface area contributed by atoms with Crippen molar-refractivity contribution in [3.8, 4) is 5.75 Å². The van der Waals surface area contributed by atoms with Crippen LogP contribution in [-0.4, -0.2) is 27.1 Å². The number of aromatic amines is 1. The minimum absolute atomic E-state index is 0.232. The van der Waals surface area contributed by atoms with Crippen molar-refractivity contribution in [2.24, 2.45) is 5.10 Å². The molecule has 1 aromatic carbocycles. The highest BCUT2D eigenvalue weighted by molar-refractivity contribution is 6.01. The van der Waals surface area contributed by atoms with Crippen molar-refractivity contribution in [3.05, 3.63) is 74.4 Å². The van der Waals surface area contributed by atoms with Gasteiger partial charge in [0.05, 0.1) is 11.5 Å². The third-order valence-corrected chi connectivity index (χ3v) is 3.51. The molecule has 10 nitrogen and oxygen atoms in total. The first kappa shape index (κ1) is 17.6. The van der Waals surface area contributed by atoms with Gasteiger partial charge in [-0.3, -0.25) is 19.7 Å². The molecular formula is C17H12N4O6. The van der Waals surface area contributed by atoms with E-state index in [-0.39, 0.29) is 28.0 Å². The average molecular weight is 368 g/mol. The molecule has 0 aliphatic carbocycles. The van der Waals surface area contributed by atoms with E-state index in [1.807, 2.05) is 0 Å². The number of carbonyl (C=O) groups excluding carboxylic acids is 1. The minimum Gasteiger partial charge on any atom is -0.505 e. The Hall–Kier alpha value is -4.21. The smallest absolute Gasteiger partial charge is 0.433 e. The van der Waals surface area contributed by atoms with Gasteiger partial charge in [0.15, 0.2) is 11.4 Å². The highest BCUT2D eigenvalue weighted by atomic mass is 16.6. The van der Waals surface area contributed by atoms with Crippen LogP contribution >= 0.6 is 0 Å². The van der Waals surface area contributed by atoms with Crippen molar-refractivity contribution in [1.82, 2.24) is 10.4 Å². The van der Waals surface area contributed by atoms with E-state index in [1.165, 1.54) is 42.6 Å². The fourth-order valence-electron chi connectivity index (χ4n) is 2.29. The van der Waals surface area contributed by atoms with E-state index >= 15 is 0 Å². The van der Waals surface area contributed by atoms with Gasteiger partial charge in [0, 0.05) is 11.6 Å². The molecule has 27 heavy (non-hydrogen) atoms. The molecule has 0 aliphatic rings. The van der Waals surface area contributed by atoms with Gasteiger partial charge in [-0.15, -0.1) is 0 Å². The molecule has 0 atom stereocenters. The van der Waals surface area contributed by atoms with Crippen molar-refractivity contribution >= 4 is 34.9 Å².